The van der Waals surface area contributed by atoms with Crippen molar-refractivity contribution in [2.24, 2.45) is 11.3 Å². The van der Waals surface area contributed by atoms with E-state index < -0.39 is 11.4 Å². The lowest BCUT2D eigenvalue weighted by molar-refractivity contribution is -0.149. The number of allylic oxidation sites excluding steroid dienone is 3. The second kappa shape index (κ2) is 8.38. The third kappa shape index (κ3) is 3.97. The minimum absolute atomic E-state index is 0.0572. The van der Waals surface area contributed by atoms with E-state index in [1.807, 2.05) is 6.08 Å². The van der Waals surface area contributed by atoms with E-state index in [0.717, 1.165) is 32.1 Å². The van der Waals surface area contributed by atoms with Crippen molar-refractivity contribution in [3.63, 3.8) is 0 Å². The first kappa shape index (κ1) is 18.0. The minimum Gasteiger partial charge on any atom is -0.481 e. The van der Waals surface area contributed by atoms with Crippen molar-refractivity contribution in [1.82, 2.24) is 0 Å². The summed E-state index contributed by atoms with van der Waals surface area (Å²) < 4.78 is 5.23. The molecule has 2 atom stereocenters. The van der Waals surface area contributed by atoms with Crippen molar-refractivity contribution < 1.29 is 14.6 Å². The van der Waals surface area contributed by atoms with Crippen molar-refractivity contribution >= 4 is 5.97 Å². The molecule has 0 heterocycles. The normalized spacial score (nSPS) is 25.4. The van der Waals surface area contributed by atoms with E-state index in [4.69, 9.17) is 4.74 Å². The molecule has 1 rings (SSSR count). The van der Waals surface area contributed by atoms with Gasteiger partial charge < -0.3 is 9.84 Å². The molecule has 21 heavy (non-hydrogen) atoms. The Hall–Kier alpha value is -1.09. The lowest BCUT2D eigenvalue weighted by Crippen LogP contribution is -2.40. The summed E-state index contributed by atoms with van der Waals surface area (Å²) in [4.78, 5) is 12.2. The minimum atomic E-state index is -0.750. The van der Waals surface area contributed by atoms with Gasteiger partial charge in [-0.15, -0.1) is 0 Å². The summed E-state index contributed by atoms with van der Waals surface area (Å²) in [5.41, 5.74) is 1.68. The van der Waals surface area contributed by atoms with Crippen molar-refractivity contribution in [2.45, 2.75) is 59.3 Å². The molecule has 1 N–H and O–H groups in total. The molecule has 1 aliphatic rings. The van der Waals surface area contributed by atoms with Gasteiger partial charge in [0.15, 0.2) is 0 Å². The molecule has 0 amide bonds. The van der Waals surface area contributed by atoms with E-state index in [1.165, 1.54) is 11.1 Å². The molecule has 0 aromatic rings. The number of methoxy groups -OCH3 is 1. The van der Waals surface area contributed by atoms with Crippen molar-refractivity contribution in [2.75, 3.05) is 13.7 Å². The summed E-state index contributed by atoms with van der Waals surface area (Å²) in [6.07, 6.45) is 9.51. The highest BCUT2D eigenvalue weighted by Crippen LogP contribution is 2.47. The van der Waals surface area contributed by atoms with Crippen LogP contribution in [0.3, 0.4) is 0 Å². The van der Waals surface area contributed by atoms with Gasteiger partial charge in [0.25, 0.3) is 0 Å². The van der Waals surface area contributed by atoms with E-state index >= 15 is 0 Å². The first-order chi connectivity index (χ1) is 10.1. The zero-order valence-electron chi connectivity index (χ0n) is 13.9. The fourth-order valence-electron chi connectivity index (χ4n) is 3.41. The monoisotopic (exact) mass is 294 g/mol. The fourth-order valence-corrected chi connectivity index (χ4v) is 3.41. The number of carbonyl (C=O) groups is 1. The second-order valence-corrected chi connectivity index (χ2v) is 5.93. The van der Waals surface area contributed by atoms with Gasteiger partial charge in [0.1, 0.15) is 0 Å². The van der Waals surface area contributed by atoms with Gasteiger partial charge in [0.2, 0.25) is 0 Å². The Morgan fingerprint density at radius 2 is 2.05 bits per heavy atom. The molecule has 0 aromatic heterocycles. The van der Waals surface area contributed by atoms with Crippen molar-refractivity contribution in [3.05, 3.63) is 23.3 Å². The Kier molecular flexibility index (Phi) is 7.16. The number of carboxylic acid groups (broad SMARTS) is 1. The summed E-state index contributed by atoms with van der Waals surface area (Å²) in [6.45, 7) is 6.94. The molecule has 0 aliphatic heterocycles. The molecular weight excluding hydrogens is 264 g/mol. The Balaban J connectivity index is 3.25. The Bertz CT molecular complexity index is 409. The molecule has 0 fully saturated rings. The largest absolute Gasteiger partial charge is 0.481 e. The number of hydrogen-bond donors (Lipinski definition) is 1. The predicted octanol–water partition coefficient (Wildman–Crippen LogP) is 4.59. The highest BCUT2D eigenvalue weighted by Gasteiger charge is 2.46. The van der Waals surface area contributed by atoms with E-state index in [-0.39, 0.29) is 5.92 Å². The molecule has 3 nitrogen and oxygen atoms in total. The number of ether oxygens (including phenoxy) is 1. The average molecular weight is 294 g/mol. The second-order valence-electron chi connectivity index (χ2n) is 5.93. The van der Waals surface area contributed by atoms with Gasteiger partial charge in [-0.25, -0.2) is 0 Å². The van der Waals surface area contributed by atoms with Crippen LogP contribution in [0.15, 0.2) is 23.3 Å². The summed E-state index contributed by atoms with van der Waals surface area (Å²) >= 11 is 0. The van der Waals surface area contributed by atoms with Crippen LogP contribution < -0.4 is 0 Å². The van der Waals surface area contributed by atoms with Gasteiger partial charge in [-0.2, -0.15) is 0 Å². The van der Waals surface area contributed by atoms with Crippen LogP contribution in [0.2, 0.25) is 0 Å². The van der Waals surface area contributed by atoms with Crippen LogP contribution in [-0.2, 0) is 9.53 Å². The Morgan fingerprint density at radius 1 is 1.33 bits per heavy atom. The summed E-state index contributed by atoms with van der Waals surface area (Å²) in [7, 11) is 1.68. The van der Waals surface area contributed by atoms with Gasteiger partial charge in [-0.05, 0) is 25.7 Å². The van der Waals surface area contributed by atoms with Crippen molar-refractivity contribution in [3.8, 4) is 0 Å². The molecule has 0 radical (unpaired) electrons. The third-order valence-electron chi connectivity index (χ3n) is 4.65. The summed E-state index contributed by atoms with van der Waals surface area (Å²) in [5.74, 6) is -0.621. The van der Waals surface area contributed by atoms with Crippen LogP contribution in [0.5, 0.6) is 0 Å². The summed E-state index contributed by atoms with van der Waals surface area (Å²) in [6, 6.07) is 0. The number of hydrogen-bond acceptors (Lipinski definition) is 2. The maximum atomic E-state index is 12.2. The molecule has 0 bridgehead atoms. The topological polar surface area (TPSA) is 46.5 Å². The molecular formula is C18H30O3. The smallest absolute Gasteiger partial charge is 0.314 e. The average Bonchev–Trinajstić information content (AvgIpc) is 2.50. The molecule has 3 heteroatoms. The van der Waals surface area contributed by atoms with Gasteiger partial charge in [0, 0.05) is 19.6 Å². The van der Waals surface area contributed by atoms with Crippen LogP contribution in [0.1, 0.15) is 59.3 Å². The van der Waals surface area contributed by atoms with E-state index in [1.54, 1.807) is 7.11 Å². The Labute approximate surface area is 129 Å². The molecule has 0 aromatic carbocycles. The maximum Gasteiger partial charge on any atom is 0.314 e. The van der Waals surface area contributed by atoms with Crippen LogP contribution in [0, 0.1) is 11.3 Å². The lowest BCUT2D eigenvalue weighted by atomic mass is 9.63. The van der Waals surface area contributed by atoms with Crippen LogP contribution in [-0.4, -0.2) is 24.8 Å². The van der Waals surface area contributed by atoms with E-state index in [0.29, 0.717) is 13.0 Å². The highest BCUT2D eigenvalue weighted by atomic mass is 16.5. The number of aliphatic carboxylic acids is 1. The first-order valence-corrected chi connectivity index (χ1v) is 8.20. The van der Waals surface area contributed by atoms with E-state index in [2.05, 4.69) is 26.8 Å². The van der Waals surface area contributed by atoms with Gasteiger partial charge in [0.05, 0.1) is 5.41 Å². The first-order valence-electron chi connectivity index (χ1n) is 8.20. The van der Waals surface area contributed by atoms with Crippen LogP contribution in [0.4, 0.5) is 0 Å². The van der Waals surface area contributed by atoms with Gasteiger partial charge in [-0.1, -0.05) is 56.9 Å². The quantitative estimate of drug-likeness (QED) is 0.676. The number of rotatable bonds is 9. The maximum absolute atomic E-state index is 12.2. The zero-order valence-corrected chi connectivity index (χ0v) is 13.9. The number of carboxylic acids is 1. The van der Waals surface area contributed by atoms with Gasteiger partial charge >= 0.3 is 5.97 Å². The molecule has 0 spiro atoms. The van der Waals surface area contributed by atoms with Crippen LogP contribution in [0.25, 0.3) is 0 Å². The third-order valence-corrected chi connectivity index (χ3v) is 4.65. The molecule has 120 valence electrons. The number of unbranched alkanes of at least 4 members (excludes halogenated alkanes) is 1. The molecule has 0 saturated heterocycles. The lowest BCUT2D eigenvalue weighted by Gasteiger charge is -2.40. The zero-order chi connectivity index (χ0) is 15.9. The molecule has 1 aliphatic carbocycles. The standard InChI is InChI=1S/C18H30O3/c1-5-8-10-18(17(19)20)13-14(6-2)12-15(7-3)16(18)9-11-21-4/h12-13,16H,5-11H2,1-4H3,(H,19,20). The summed E-state index contributed by atoms with van der Waals surface area (Å²) in [5, 5.41) is 10.00. The predicted molar refractivity (Wildman–Crippen MR) is 86.3 cm³/mol. The fraction of sp³-hybridized carbons (Fsp3) is 0.722. The SMILES string of the molecule is CCCCC1(C(=O)O)C=C(CC)C=C(CC)C1CCOC. The molecule has 2 unspecified atom stereocenters. The van der Waals surface area contributed by atoms with Crippen molar-refractivity contribution in [1.29, 1.82) is 0 Å². The van der Waals surface area contributed by atoms with Gasteiger partial charge in [-0.3, -0.25) is 4.79 Å². The molecule has 0 saturated carbocycles. The van der Waals surface area contributed by atoms with Crippen LogP contribution >= 0.6 is 0 Å². The van der Waals surface area contributed by atoms with E-state index in [9.17, 15) is 9.90 Å². The highest BCUT2D eigenvalue weighted by molar-refractivity contribution is 5.79. The Morgan fingerprint density at radius 3 is 2.52 bits per heavy atom.